The van der Waals surface area contributed by atoms with Crippen LogP contribution in [0.2, 0.25) is 0 Å². The Labute approximate surface area is 145 Å². The van der Waals surface area contributed by atoms with E-state index in [0.717, 1.165) is 19.6 Å². The van der Waals surface area contributed by atoms with Crippen molar-refractivity contribution in [1.82, 2.24) is 9.80 Å². The summed E-state index contributed by atoms with van der Waals surface area (Å²) in [7, 11) is 0. The average molecular weight is 335 g/mol. The quantitative estimate of drug-likeness (QED) is 0.809. The van der Waals surface area contributed by atoms with Gasteiger partial charge in [-0.3, -0.25) is 4.90 Å². The summed E-state index contributed by atoms with van der Waals surface area (Å²) >= 11 is 1.79. The third-order valence-corrected chi connectivity index (χ3v) is 6.14. The number of thioether (sulfide) groups is 1. The monoisotopic (exact) mass is 334 g/mol. The molecule has 2 aliphatic rings. The lowest BCUT2D eigenvalue weighted by Gasteiger charge is -2.30. The predicted molar refractivity (Wildman–Crippen MR) is 97.9 cm³/mol. The van der Waals surface area contributed by atoms with Gasteiger partial charge in [-0.2, -0.15) is 0 Å². The summed E-state index contributed by atoms with van der Waals surface area (Å²) in [6, 6.07) is 8.92. The van der Waals surface area contributed by atoms with Gasteiger partial charge in [-0.05, 0) is 61.7 Å². The highest BCUT2D eigenvalue weighted by Crippen LogP contribution is 2.27. The molecular weight excluding hydrogens is 304 g/mol. The summed E-state index contributed by atoms with van der Waals surface area (Å²) in [5, 5.41) is 9.77. The summed E-state index contributed by atoms with van der Waals surface area (Å²) in [6.07, 6.45) is 6.21. The number of piperidine rings is 1. The molecule has 2 atom stereocenters. The Morgan fingerprint density at radius 3 is 2.35 bits per heavy atom. The number of aliphatic hydroxyl groups is 1. The topological polar surface area (TPSA) is 26.7 Å². The molecule has 128 valence electrons. The number of likely N-dealkylation sites (tertiary alicyclic amines) is 2. The zero-order chi connectivity index (χ0) is 16.1. The molecule has 0 bridgehead atoms. The van der Waals surface area contributed by atoms with Gasteiger partial charge < -0.3 is 10.0 Å². The molecule has 0 amide bonds. The van der Waals surface area contributed by atoms with Gasteiger partial charge >= 0.3 is 0 Å². The van der Waals surface area contributed by atoms with E-state index in [2.05, 4.69) is 40.3 Å². The second-order valence-electron chi connectivity index (χ2n) is 7.11. The van der Waals surface area contributed by atoms with Gasteiger partial charge in [-0.1, -0.05) is 18.6 Å². The van der Waals surface area contributed by atoms with Crippen LogP contribution in [0.1, 0.15) is 24.8 Å². The molecule has 1 aromatic carbocycles. The molecule has 0 spiro atoms. The first-order valence-electron chi connectivity index (χ1n) is 8.97. The SMILES string of the molecule is CSc1ccc(CN2C[C@@H](CN3CCCCC3)[C@@H](CO)C2)cc1. The van der Waals surface area contributed by atoms with Gasteiger partial charge in [0.25, 0.3) is 0 Å². The minimum absolute atomic E-state index is 0.334. The van der Waals surface area contributed by atoms with Crippen LogP contribution in [0.5, 0.6) is 0 Å². The molecule has 1 aromatic rings. The lowest BCUT2D eigenvalue weighted by Crippen LogP contribution is -2.37. The highest BCUT2D eigenvalue weighted by molar-refractivity contribution is 7.98. The molecule has 3 rings (SSSR count). The van der Waals surface area contributed by atoms with E-state index < -0.39 is 0 Å². The van der Waals surface area contributed by atoms with E-state index in [1.54, 1.807) is 11.8 Å². The molecule has 23 heavy (non-hydrogen) atoms. The molecule has 0 unspecified atom stereocenters. The fourth-order valence-electron chi connectivity index (χ4n) is 4.04. The molecule has 2 saturated heterocycles. The van der Waals surface area contributed by atoms with Crippen molar-refractivity contribution in [1.29, 1.82) is 0 Å². The summed E-state index contributed by atoms with van der Waals surface area (Å²) in [4.78, 5) is 6.48. The van der Waals surface area contributed by atoms with Crippen molar-refractivity contribution in [3.63, 3.8) is 0 Å². The van der Waals surface area contributed by atoms with Crippen molar-refractivity contribution in [3.8, 4) is 0 Å². The Kier molecular flexibility index (Phi) is 6.40. The Balaban J connectivity index is 1.54. The first kappa shape index (κ1) is 17.3. The first-order valence-corrected chi connectivity index (χ1v) is 10.2. The number of rotatable bonds is 6. The van der Waals surface area contributed by atoms with Crippen LogP contribution in [0, 0.1) is 11.8 Å². The molecule has 0 aromatic heterocycles. The zero-order valence-electron chi connectivity index (χ0n) is 14.3. The number of aliphatic hydroxyl groups excluding tert-OH is 1. The lowest BCUT2D eigenvalue weighted by molar-refractivity contribution is 0.149. The molecule has 1 N–H and O–H groups in total. The normalized spacial score (nSPS) is 26.7. The van der Waals surface area contributed by atoms with Gasteiger partial charge in [0, 0.05) is 37.7 Å². The van der Waals surface area contributed by atoms with Gasteiger partial charge in [0.1, 0.15) is 0 Å². The van der Waals surface area contributed by atoms with Crippen LogP contribution in [0.4, 0.5) is 0 Å². The second kappa shape index (κ2) is 8.52. The summed E-state index contributed by atoms with van der Waals surface area (Å²) in [5.41, 5.74) is 1.39. The van der Waals surface area contributed by atoms with Crippen LogP contribution < -0.4 is 0 Å². The van der Waals surface area contributed by atoms with Gasteiger partial charge in [0.05, 0.1) is 0 Å². The van der Waals surface area contributed by atoms with E-state index in [1.807, 2.05) is 0 Å². The van der Waals surface area contributed by atoms with Crippen molar-refractivity contribution >= 4 is 11.8 Å². The van der Waals surface area contributed by atoms with Crippen LogP contribution >= 0.6 is 11.8 Å². The van der Waals surface area contributed by atoms with E-state index >= 15 is 0 Å². The maximum absolute atomic E-state index is 9.77. The maximum atomic E-state index is 9.77. The van der Waals surface area contributed by atoms with Crippen LogP contribution in [0.15, 0.2) is 29.2 Å². The van der Waals surface area contributed by atoms with Gasteiger partial charge in [0.2, 0.25) is 0 Å². The van der Waals surface area contributed by atoms with Crippen LogP contribution in [0.25, 0.3) is 0 Å². The molecule has 2 fully saturated rings. The lowest BCUT2D eigenvalue weighted by atomic mass is 9.95. The molecule has 3 nitrogen and oxygen atoms in total. The van der Waals surface area contributed by atoms with E-state index in [-0.39, 0.29) is 0 Å². The molecule has 0 saturated carbocycles. The first-order chi connectivity index (χ1) is 11.3. The minimum Gasteiger partial charge on any atom is -0.396 e. The Bertz CT molecular complexity index is 473. The van der Waals surface area contributed by atoms with Gasteiger partial charge in [-0.25, -0.2) is 0 Å². The van der Waals surface area contributed by atoms with Crippen molar-refractivity contribution in [2.45, 2.75) is 30.7 Å². The maximum Gasteiger partial charge on any atom is 0.0475 e. The van der Waals surface area contributed by atoms with E-state index in [1.165, 1.54) is 49.4 Å². The molecule has 0 radical (unpaired) electrons. The van der Waals surface area contributed by atoms with Crippen molar-refractivity contribution < 1.29 is 5.11 Å². The highest BCUT2D eigenvalue weighted by Gasteiger charge is 2.33. The average Bonchev–Trinajstić information content (AvgIpc) is 2.98. The number of benzene rings is 1. The van der Waals surface area contributed by atoms with Gasteiger partial charge in [0.15, 0.2) is 0 Å². The minimum atomic E-state index is 0.334. The van der Waals surface area contributed by atoms with Crippen LogP contribution in [-0.4, -0.2) is 60.5 Å². The van der Waals surface area contributed by atoms with Crippen LogP contribution in [0.3, 0.4) is 0 Å². The molecular formula is C19H30N2OS. The third-order valence-electron chi connectivity index (χ3n) is 5.39. The van der Waals surface area contributed by atoms with Gasteiger partial charge in [-0.15, -0.1) is 11.8 Å². The molecule has 2 aliphatic heterocycles. The zero-order valence-corrected chi connectivity index (χ0v) is 15.1. The smallest absolute Gasteiger partial charge is 0.0475 e. The second-order valence-corrected chi connectivity index (χ2v) is 7.99. The summed E-state index contributed by atoms with van der Waals surface area (Å²) in [5.74, 6) is 1.07. The number of hydrogen-bond donors (Lipinski definition) is 1. The Morgan fingerprint density at radius 2 is 1.70 bits per heavy atom. The fourth-order valence-corrected chi connectivity index (χ4v) is 4.45. The van der Waals surface area contributed by atoms with E-state index in [9.17, 15) is 5.11 Å². The number of hydrogen-bond acceptors (Lipinski definition) is 4. The standard InChI is InChI=1S/C19H30N2OS/c1-23-19-7-5-16(6-8-19)11-21-13-17(18(14-21)15-22)12-20-9-3-2-4-10-20/h5-8,17-18,22H,2-4,9-15H2,1H3/t17-,18-/m1/s1. The van der Waals surface area contributed by atoms with E-state index in [0.29, 0.717) is 18.4 Å². The summed E-state index contributed by atoms with van der Waals surface area (Å²) < 4.78 is 0. The van der Waals surface area contributed by atoms with Crippen molar-refractivity contribution in [2.75, 3.05) is 45.6 Å². The Hall–Kier alpha value is -0.550. The summed E-state index contributed by atoms with van der Waals surface area (Å²) in [6.45, 7) is 7.20. The van der Waals surface area contributed by atoms with Crippen molar-refractivity contribution in [2.24, 2.45) is 11.8 Å². The Morgan fingerprint density at radius 1 is 1.00 bits per heavy atom. The highest BCUT2D eigenvalue weighted by atomic mass is 32.2. The predicted octanol–water partition coefficient (Wildman–Crippen LogP) is 2.93. The fraction of sp³-hybridized carbons (Fsp3) is 0.684. The number of nitrogens with zero attached hydrogens (tertiary/aromatic N) is 2. The van der Waals surface area contributed by atoms with E-state index in [4.69, 9.17) is 0 Å². The van der Waals surface area contributed by atoms with Crippen LogP contribution in [-0.2, 0) is 6.54 Å². The largest absolute Gasteiger partial charge is 0.396 e. The third kappa shape index (κ3) is 4.72. The van der Waals surface area contributed by atoms with Crippen molar-refractivity contribution in [3.05, 3.63) is 29.8 Å². The molecule has 0 aliphatic carbocycles. The molecule has 4 heteroatoms. The molecule has 2 heterocycles.